The summed E-state index contributed by atoms with van der Waals surface area (Å²) < 4.78 is 0. The van der Waals surface area contributed by atoms with Crippen LogP contribution in [-0.4, -0.2) is 40.0 Å². The van der Waals surface area contributed by atoms with Gasteiger partial charge in [0, 0.05) is 19.5 Å². The van der Waals surface area contributed by atoms with Crippen LogP contribution in [0.1, 0.15) is 32.9 Å². The van der Waals surface area contributed by atoms with Crippen LogP contribution in [0.5, 0.6) is 0 Å². The molecule has 24 heavy (non-hydrogen) atoms. The second kappa shape index (κ2) is 6.73. The van der Waals surface area contributed by atoms with Crippen molar-refractivity contribution >= 4 is 23.2 Å². The highest BCUT2D eigenvalue weighted by atomic mass is 32.1. The number of carboxylic acids is 1. The van der Waals surface area contributed by atoms with Crippen LogP contribution in [0, 0.1) is 18.8 Å². The molecule has 3 rings (SSSR count). The molecule has 1 aromatic carbocycles. The van der Waals surface area contributed by atoms with Gasteiger partial charge in [-0.1, -0.05) is 37.3 Å². The van der Waals surface area contributed by atoms with Gasteiger partial charge in [0.05, 0.1) is 16.6 Å². The van der Waals surface area contributed by atoms with E-state index in [9.17, 15) is 14.7 Å². The smallest absolute Gasteiger partial charge is 0.308 e. The van der Waals surface area contributed by atoms with Crippen LogP contribution in [-0.2, 0) is 11.2 Å². The molecule has 0 unspecified atom stereocenters. The van der Waals surface area contributed by atoms with Crippen LogP contribution in [0.15, 0.2) is 30.3 Å². The van der Waals surface area contributed by atoms with Gasteiger partial charge in [-0.15, -0.1) is 11.3 Å². The molecule has 0 spiro atoms. The van der Waals surface area contributed by atoms with Crippen molar-refractivity contribution in [1.29, 1.82) is 0 Å². The first kappa shape index (κ1) is 16.6. The molecule has 1 amide bonds. The Bertz CT molecular complexity index is 757. The lowest BCUT2D eigenvalue weighted by Crippen LogP contribution is -2.29. The summed E-state index contributed by atoms with van der Waals surface area (Å²) in [4.78, 5) is 30.8. The predicted octanol–water partition coefficient (Wildman–Crippen LogP) is 2.84. The van der Waals surface area contributed by atoms with E-state index in [1.165, 1.54) is 11.3 Å². The number of carbonyl (C=O) groups excluding carboxylic acids is 1. The summed E-state index contributed by atoms with van der Waals surface area (Å²) in [6.45, 7) is 4.49. The minimum atomic E-state index is -0.830. The molecule has 0 saturated carbocycles. The van der Waals surface area contributed by atoms with Crippen molar-refractivity contribution in [2.24, 2.45) is 11.8 Å². The lowest BCUT2D eigenvalue weighted by atomic mass is 9.99. The largest absolute Gasteiger partial charge is 0.481 e. The van der Waals surface area contributed by atoms with Gasteiger partial charge in [0.2, 0.25) is 0 Å². The molecule has 0 bridgehead atoms. The molecular formula is C18H20N2O3S. The van der Waals surface area contributed by atoms with E-state index in [0.29, 0.717) is 17.8 Å². The summed E-state index contributed by atoms with van der Waals surface area (Å²) in [7, 11) is 0. The fraction of sp³-hybridized carbons (Fsp3) is 0.389. The lowest BCUT2D eigenvalue weighted by Gasteiger charge is -2.14. The normalized spacial score (nSPS) is 20.3. The number of aliphatic carboxylic acids is 1. The second-order valence-corrected chi connectivity index (χ2v) is 7.40. The Morgan fingerprint density at radius 3 is 2.62 bits per heavy atom. The summed E-state index contributed by atoms with van der Waals surface area (Å²) in [6.07, 6.45) is 0.702. The zero-order valence-electron chi connectivity index (χ0n) is 13.7. The van der Waals surface area contributed by atoms with Gasteiger partial charge in [-0.25, -0.2) is 4.98 Å². The van der Waals surface area contributed by atoms with Crippen molar-refractivity contribution in [2.45, 2.75) is 20.3 Å². The number of carboxylic acid groups (broad SMARTS) is 1. The number of aryl methyl sites for hydroxylation is 1. The molecule has 6 heteroatoms. The van der Waals surface area contributed by atoms with Gasteiger partial charge < -0.3 is 10.0 Å². The van der Waals surface area contributed by atoms with Crippen molar-refractivity contribution < 1.29 is 14.7 Å². The van der Waals surface area contributed by atoms with Crippen LogP contribution in [0.2, 0.25) is 0 Å². The van der Waals surface area contributed by atoms with Crippen LogP contribution in [0.4, 0.5) is 0 Å². The quantitative estimate of drug-likeness (QED) is 0.926. The molecule has 1 saturated heterocycles. The molecule has 1 N–H and O–H groups in total. The zero-order valence-corrected chi connectivity index (χ0v) is 14.5. The number of aromatic nitrogens is 1. The minimum Gasteiger partial charge on any atom is -0.481 e. The molecule has 1 aliphatic rings. The number of hydrogen-bond acceptors (Lipinski definition) is 4. The van der Waals surface area contributed by atoms with E-state index in [-0.39, 0.29) is 18.4 Å². The Balaban J connectivity index is 1.75. The number of amides is 1. The average molecular weight is 344 g/mol. The van der Waals surface area contributed by atoms with Crippen molar-refractivity contribution in [2.75, 3.05) is 13.1 Å². The average Bonchev–Trinajstić information content (AvgIpc) is 3.11. The number of benzene rings is 1. The van der Waals surface area contributed by atoms with Gasteiger partial charge in [0.15, 0.2) is 0 Å². The first-order valence-electron chi connectivity index (χ1n) is 7.98. The molecule has 5 nitrogen and oxygen atoms in total. The van der Waals surface area contributed by atoms with E-state index < -0.39 is 11.9 Å². The molecule has 1 aliphatic heterocycles. The maximum absolute atomic E-state index is 12.8. The maximum atomic E-state index is 12.8. The number of rotatable bonds is 4. The van der Waals surface area contributed by atoms with E-state index in [4.69, 9.17) is 0 Å². The molecular weight excluding hydrogens is 324 g/mol. The highest BCUT2D eigenvalue weighted by molar-refractivity contribution is 7.13. The number of carbonyl (C=O) groups is 2. The number of nitrogens with zero attached hydrogens (tertiary/aromatic N) is 2. The Kier molecular flexibility index (Phi) is 4.66. The standard InChI is InChI=1S/C18H20N2O3S/c1-11-9-20(10-14(11)18(22)23)17(21)16-12(2)19-15(24-16)8-13-6-4-3-5-7-13/h3-7,11,14H,8-10H2,1-2H3,(H,22,23)/t11-,14-/m1/s1. The van der Waals surface area contributed by atoms with Crippen LogP contribution in [0.3, 0.4) is 0 Å². The van der Waals surface area contributed by atoms with E-state index in [1.807, 2.05) is 44.2 Å². The molecule has 126 valence electrons. The first-order chi connectivity index (χ1) is 11.5. The summed E-state index contributed by atoms with van der Waals surface area (Å²) in [5.41, 5.74) is 1.88. The third-order valence-corrected chi connectivity index (χ3v) is 5.60. The van der Waals surface area contributed by atoms with Crippen LogP contribution >= 0.6 is 11.3 Å². The minimum absolute atomic E-state index is 0.0246. The highest BCUT2D eigenvalue weighted by Crippen LogP contribution is 2.28. The fourth-order valence-electron chi connectivity index (χ4n) is 3.09. The summed E-state index contributed by atoms with van der Waals surface area (Å²) in [5, 5.41) is 10.1. The molecule has 0 aliphatic carbocycles. The van der Waals surface area contributed by atoms with E-state index in [0.717, 1.165) is 16.3 Å². The van der Waals surface area contributed by atoms with Gasteiger partial charge >= 0.3 is 5.97 Å². The molecule has 1 aromatic heterocycles. The molecule has 2 heterocycles. The lowest BCUT2D eigenvalue weighted by molar-refractivity contribution is -0.142. The molecule has 0 radical (unpaired) electrons. The van der Waals surface area contributed by atoms with Crippen molar-refractivity contribution in [3.8, 4) is 0 Å². The maximum Gasteiger partial charge on any atom is 0.308 e. The predicted molar refractivity (Wildman–Crippen MR) is 92.3 cm³/mol. The monoisotopic (exact) mass is 344 g/mol. The van der Waals surface area contributed by atoms with Gasteiger partial charge in [-0.05, 0) is 18.4 Å². The van der Waals surface area contributed by atoms with Crippen LogP contribution < -0.4 is 0 Å². The third kappa shape index (κ3) is 3.33. The number of hydrogen-bond donors (Lipinski definition) is 1. The second-order valence-electron chi connectivity index (χ2n) is 6.32. The summed E-state index contributed by atoms with van der Waals surface area (Å²) >= 11 is 1.41. The van der Waals surface area contributed by atoms with Gasteiger partial charge in [-0.2, -0.15) is 0 Å². The van der Waals surface area contributed by atoms with Crippen molar-refractivity contribution in [1.82, 2.24) is 9.88 Å². The molecule has 1 fully saturated rings. The van der Waals surface area contributed by atoms with E-state index >= 15 is 0 Å². The van der Waals surface area contributed by atoms with Crippen molar-refractivity contribution in [3.63, 3.8) is 0 Å². The zero-order chi connectivity index (χ0) is 17.3. The number of likely N-dealkylation sites (tertiary alicyclic amines) is 1. The Labute approximate surface area is 145 Å². The first-order valence-corrected chi connectivity index (χ1v) is 8.79. The number of thiazole rings is 1. The van der Waals surface area contributed by atoms with Gasteiger partial charge in [-0.3, -0.25) is 9.59 Å². The summed E-state index contributed by atoms with van der Waals surface area (Å²) in [5.74, 6) is -1.43. The van der Waals surface area contributed by atoms with Crippen molar-refractivity contribution in [3.05, 3.63) is 51.5 Å². The Morgan fingerprint density at radius 2 is 2.00 bits per heavy atom. The SMILES string of the molecule is Cc1nc(Cc2ccccc2)sc1C(=O)N1C[C@@H](C)[C@H](C(=O)O)C1. The fourth-order valence-corrected chi connectivity index (χ4v) is 4.16. The highest BCUT2D eigenvalue weighted by Gasteiger charge is 2.38. The molecule has 2 aromatic rings. The van der Waals surface area contributed by atoms with Gasteiger partial charge in [0.25, 0.3) is 5.91 Å². The summed E-state index contributed by atoms with van der Waals surface area (Å²) in [6, 6.07) is 10.0. The topological polar surface area (TPSA) is 70.5 Å². The van der Waals surface area contributed by atoms with E-state index in [2.05, 4.69) is 4.98 Å². The third-order valence-electron chi connectivity index (χ3n) is 4.45. The van der Waals surface area contributed by atoms with E-state index in [1.54, 1.807) is 4.90 Å². The molecule has 2 atom stereocenters. The van der Waals surface area contributed by atoms with Gasteiger partial charge in [0.1, 0.15) is 4.88 Å². The Hall–Kier alpha value is -2.21. The van der Waals surface area contributed by atoms with Crippen LogP contribution in [0.25, 0.3) is 0 Å². The Morgan fingerprint density at radius 1 is 1.29 bits per heavy atom.